The van der Waals surface area contributed by atoms with Crippen molar-refractivity contribution in [2.24, 2.45) is 5.92 Å². The molecule has 0 amide bonds. The second-order valence-electron chi connectivity index (χ2n) is 4.20. The fraction of sp³-hybridized carbons (Fsp3) is 0.600. The van der Waals surface area contributed by atoms with E-state index < -0.39 is 0 Å². The van der Waals surface area contributed by atoms with Gasteiger partial charge in [0, 0.05) is 5.56 Å². The molecule has 1 saturated carbocycles. The van der Waals surface area contributed by atoms with Gasteiger partial charge in [-0.15, -0.1) is 0 Å². The van der Waals surface area contributed by atoms with Crippen molar-refractivity contribution >= 4 is 11.6 Å². The Morgan fingerprint density at radius 3 is 2.33 bits per heavy atom. The van der Waals surface area contributed by atoms with Gasteiger partial charge in [-0.25, -0.2) is 4.39 Å². The van der Waals surface area contributed by atoms with E-state index in [4.69, 9.17) is 16.3 Å². The quantitative estimate of drug-likeness (QED) is 0.679. The van der Waals surface area contributed by atoms with Gasteiger partial charge in [-0.05, 0) is 37.8 Å². The summed E-state index contributed by atoms with van der Waals surface area (Å²) < 4.78 is 18.9. The summed E-state index contributed by atoms with van der Waals surface area (Å²) >= 11 is 5.81. The molecule has 0 spiro atoms. The molecule has 1 nitrogen and oxygen atoms in total. The average molecular weight is 275 g/mol. The van der Waals surface area contributed by atoms with Crippen molar-refractivity contribution in [3.63, 3.8) is 0 Å². The molecule has 0 radical (unpaired) electrons. The molecule has 0 bridgehead atoms. The van der Waals surface area contributed by atoms with E-state index in [0.29, 0.717) is 17.2 Å². The third-order valence-electron chi connectivity index (χ3n) is 3.11. The lowest BCUT2D eigenvalue weighted by Crippen LogP contribution is -2.34. The van der Waals surface area contributed by atoms with Crippen LogP contribution in [0.2, 0.25) is 5.02 Å². The van der Waals surface area contributed by atoms with Crippen molar-refractivity contribution in [2.45, 2.75) is 54.1 Å². The van der Waals surface area contributed by atoms with Gasteiger partial charge < -0.3 is 4.74 Å². The van der Waals surface area contributed by atoms with Crippen LogP contribution in [0.5, 0.6) is 5.75 Å². The van der Waals surface area contributed by atoms with Crippen LogP contribution >= 0.6 is 11.6 Å². The van der Waals surface area contributed by atoms with E-state index >= 15 is 0 Å². The Hall–Kier alpha value is -0.760. The zero-order chi connectivity index (χ0) is 13.0. The molecule has 3 heteroatoms. The van der Waals surface area contributed by atoms with Crippen LogP contribution in [0.25, 0.3) is 0 Å². The van der Waals surface area contributed by atoms with Gasteiger partial charge in [0.25, 0.3) is 0 Å². The Balaban J connectivity index is 0.000000917. The minimum absolute atomic E-state index is 0. The zero-order valence-corrected chi connectivity index (χ0v) is 11.6. The Bertz CT molecular complexity index is 379. The molecule has 0 unspecified atom stereocenters. The number of hydrogen-bond acceptors (Lipinski definition) is 1. The maximum atomic E-state index is 13.1. The lowest BCUT2D eigenvalue weighted by Gasteiger charge is -2.34. The van der Waals surface area contributed by atoms with Crippen LogP contribution in [0.15, 0.2) is 12.1 Å². The van der Waals surface area contributed by atoms with Gasteiger partial charge in [0.05, 0.1) is 5.02 Å². The maximum absolute atomic E-state index is 13.1. The van der Waals surface area contributed by atoms with Gasteiger partial charge in [-0.2, -0.15) is 0 Å². The maximum Gasteiger partial charge on any atom is 0.142 e. The molecule has 2 atom stereocenters. The highest BCUT2D eigenvalue weighted by Crippen LogP contribution is 2.34. The van der Waals surface area contributed by atoms with E-state index in [1.807, 2.05) is 13.8 Å². The molecule has 2 rings (SSSR count). The molecular weight excluding hydrogens is 251 g/mol. The Kier molecular flexibility index (Phi) is 7.30. The number of ether oxygens (including phenoxy) is 1. The summed E-state index contributed by atoms with van der Waals surface area (Å²) in [6.45, 7) is 7.94. The summed E-state index contributed by atoms with van der Waals surface area (Å²) in [6, 6.07) is 3.01. The van der Waals surface area contributed by atoms with Crippen molar-refractivity contribution in [1.82, 2.24) is 0 Å². The van der Waals surface area contributed by atoms with E-state index in [1.54, 1.807) is 13.0 Å². The van der Waals surface area contributed by atoms with Gasteiger partial charge in [0.1, 0.15) is 17.7 Å². The smallest absolute Gasteiger partial charge is 0.142 e. The molecule has 0 aromatic heterocycles. The number of halogens is 2. The second kappa shape index (κ2) is 7.63. The number of benzene rings is 1. The molecule has 1 fully saturated rings. The normalized spacial score (nSPS) is 21.0. The average Bonchev–Trinajstić information content (AvgIpc) is 2.35. The van der Waals surface area contributed by atoms with Crippen molar-refractivity contribution in [1.29, 1.82) is 0 Å². The van der Waals surface area contributed by atoms with Crippen LogP contribution in [0, 0.1) is 18.7 Å². The third kappa shape index (κ3) is 3.61. The Labute approximate surface area is 115 Å². The van der Waals surface area contributed by atoms with E-state index in [-0.39, 0.29) is 24.4 Å². The minimum atomic E-state index is -0.386. The van der Waals surface area contributed by atoms with Crippen LogP contribution in [-0.2, 0) is 0 Å². The topological polar surface area (TPSA) is 9.23 Å². The van der Waals surface area contributed by atoms with Gasteiger partial charge >= 0.3 is 0 Å². The first-order valence-corrected chi connectivity index (χ1v) is 6.58. The Morgan fingerprint density at radius 1 is 1.28 bits per heavy atom. The monoisotopic (exact) mass is 274 g/mol. The second-order valence-corrected chi connectivity index (χ2v) is 4.57. The highest BCUT2D eigenvalue weighted by Gasteiger charge is 2.29. The summed E-state index contributed by atoms with van der Waals surface area (Å²) in [7, 11) is 0. The molecule has 18 heavy (non-hydrogen) atoms. The molecular formula is C15H24ClFO. The van der Waals surface area contributed by atoms with E-state index in [0.717, 1.165) is 6.42 Å². The molecule has 1 aliphatic rings. The van der Waals surface area contributed by atoms with E-state index in [1.165, 1.54) is 12.5 Å². The highest BCUT2D eigenvalue weighted by molar-refractivity contribution is 6.31. The number of hydrogen-bond donors (Lipinski definition) is 0. The zero-order valence-electron chi connectivity index (χ0n) is 10.9. The summed E-state index contributed by atoms with van der Waals surface area (Å²) in [5.74, 6) is 0.911. The van der Waals surface area contributed by atoms with Gasteiger partial charge in [-0.3, -0.25) is 0 Å². The molecule has 1 aliphatic carbocycles. The van der Waals surface area contributed by atoms with Crippen LogP contribution in [0.1, 0.15) is 46.6 Å². The first kappa shape index (κ1) is 17.2. The first-order valence-electron chi connectivity index (χ1n) is 6.21. The largest absolute Gasteiger partial charge is 0.490 e. The number of rotatable bonds is 2. The fourth-order valence-electron chi connectivity index (χ4n) is 1.74. The first-order chi connectivity index (χ1) is 8.09. The summed E-state index contributed by atoms with van der Waals surface area (Å²) in [4.78, 5) is 0. The summed E-state index contributed by atoms with van der Waals surface area (Å²) in [5.41, 5.74) is 0.691. The Morgan fingerprint density at radius 2 is 1.89 bits per heavy atom. The summed E-state index contributed by atoms with van der Waals surface area (Å²) in [5, 5.41) is 0.166. The predicted molar refractivity (Wildman–Crippen MR) is 77.0 cm³/mol. The highest BCUT2D eigenvalue weighted by atomic mass is 35.5. The fourth-order valence-corrected chi connectivity index (χ4v) is 1.89. The van der Waals surface area contributed by atoms with Crippen LogP contribution in [0.4, 0.5) is 4.39 Å². The lowest BCUT2D eigenvalue weighted by atomic mass is 9.83. The third-order valence-corrected chi connectivity index (χ3v) is 3.57. The van der Waals surface area contributed by atoms with Crippen LogP contribution in [0.3, 0.4) is 0 Å². The van der Waals surface area contributed by atoms with Crippen molar-refractivity contribution < 1.29 is 9.13 Å². The standard InChI is InChI=1S/C12H14ClFO.C2H6.CH4/c1-7-3-5-10(7)15-11-6-4-9(14)12(13)8(11)2;1-2;/h4,6-7,10H,3,5H2,1-2H3;1-2H3;1H4/t7-,10-;;/m1../s1. The van der Waals surface area contributed by atoms with E-state index in [9.17, 15) is 4.39 Å². The lowest BCUT2D eigenvalue weighted by molar-refractivity contribution is 0.0570. The van der Waals surface area contributed by atoms with Gasteiger partial charge in [0.15, 0.2) is 0 Å². The summed E-state index contributed by atoms with van der Waals surface area (Å²) in [6.07, 6.45) is 2.55. The molecule has 0 saturated heterocycles. The van der Waals surface area contributed by atoms with Crippen LogP contribution in [-0.4, -0.2) is 6.10 Å². The molecule has 0 aliphatic heterocycles. The van der Waals surface area contributed by atoms with Crippen molar-refractivity contribution in [3.8, 4) is 5.75 Å². The van der Waals surface area contributed by atoms with Gasteiger partial charge in [0.2, 0.25) is 0 Å². The molecule has 0 N–H and O–H groups in total. The molecule has 1 aromatic carbocycles. The SMILES string of the molecule is C.CC.Cc1c(O[C@@H]2CC[C@H]2C)ccc(F)c1Cl. The predicted octanol–water partition coefficient (Wildman–Crippen LogP) is 5.63. The van der Waals surface area contributed by atoms with E-state index in [2.05, 4.69) is 6.92 Å². The molecule has 104 valence electrons. The van der Waals surface area contributed by atoms with Crippen LogP contribution < -0.4 is 4.74 Å². The minimum Gasteiger partial charge on any atom is -0.490 e. The van der Waals surface area contributed by atoms with Gasteiger partial charge in [-0.1, -0.05) is 39.8 Å². The molecule has 1 aromatic rings. The van der Waals surface area contributed by atoms with Crippen molar-refractivity contribution in [3.05, 3.63) is 28.5 Å². The van der Waals surface area contributed by atoms with Crippen molar-refractivity contribution in [2.75, 3.05) is 0 Å². The molecule has 0 heterocycles.